The van der Waals surface area contributed by atoms with Gasteiger partial charge in [-0.3, -0.25) is 9.88 Å². The van der Waals surface area contributed by atoms with E-state index in [0.29, 0.717) is 6.04 Å². The molecule has 0 aromatic carbocycles. The van der Waals surface area contributed by atoms with Crippen molar-refractivity contribution < 1.29 is 4.74 Å². The number of hydrogen-bond acceptors (Lipinski definition) is 4. The lowest BCUT2D eigenvalue weighted by Gasteiger charge is -2.39. The zero-order valence-corrected chi connectivity index (χ0v) is 12.1. The molecule has 106 valence electrons. The number of nitrogens with zero attached hydrogens (tertiary/aromatic N) is 3. The van der Waals surface area contributed by atoms with Crippen molar-refractivity contribution in [2.45, 2.75) is 19.4 Å². The van der Waals surface area contributed by atoms with Gasteiger partial charge in [-0.05, 0) is 31.0 Å². The molecule has 0 amide bonds. The van der Waals surface area contributed by atoms with E-state index in [9.17, 15) is 0 Å². The average Bonchev–Trinajstić information content (AvgIpc) is 2.45. The van der Waals surface area contributed by atoms with E-state index in [0.717, 1.165) is 39.2 Å². The van der Waals surface area contributed by atoms with Crippen LogP contribution in [0.1, 0.15) is 12.5 Å². The molecule has 1 fully saturated rings. The predicted octanol–water partition coefficient (Wildman–Crippen LogP) is 1.28. The van der Waals surface area contributed by atoms with Gasteiger partial charge in [0.2, 0.25) is 0 Å². The van der Waals surface area contributed by atoms with Crippen molar-refractivity contribution >= 4 is 0 Å². The van der Waals surface area contributed by atoms with E-state index in [1.54, 1.807) is 7.11 Å². The van der Waals surface area contributed by atoms with E-state index in [1.165, 1.54) is 12.1 Å². The molecule has 0 radical (unpaired) electrons. The van der Waals surface area contributed by atoms with Crippen LogP contribution in [0.3, 0.4) is 0 Å². The van der Waals surface area contributed by atoms with Crippen LogP contribution in [0.5, 0.6) is 0 Å². The Morgan fingerprint density at radius 1 is 1.26 bits per heavy atom. The van der Waals surface area contributed by atoms with E-state index in [-0.39, 0.29) is 0 Å². The van der Waals surface area contributed by atoms with E-state index < -0.39 is 0 Å². The Morgan fingerprint density at radius 3 is 2.74 bits per heavy atom. The summed E-state index contributed by atoms with van der Waals surface area (Å²) in [6, 6.07) is 4.85. The minimum Gasteiger partial charge on any atom is -0.383 e. The molecule has 0 bridgehead atoms. The Balaban J connectivity index is 1.73. The Morgan fingerprint density at radius 2 is 2.05 bits per heavy atom. The molecular formula is C15H25N3O. The number of ether oxygens (including phenoxy) is 1. The van der Waals surface area contributed by atoms with Gasteiger partial charge in [0.05, 0.1) is 6.61 Å². The van der Waals surface area contributed by atoms with Gasteiger partial charge in [0.15, 0.2) is 0 Å². The Bertz CT molecular complexity index is 358. The summed E-state index contributed by atoms with van der Waals surface area (Å²) < 4.78 is 5.16. The normalized spacial score (nSPS) is 21.7. The standard InChI is InChI=1S/C15H25N3O/c1-14-13-17(9-10-18(14)11-12-19-2)8-5-15-3-6-16-7-4-15/h3-4,6-7,14H,5,8-13H2,1-2H3/t14-/m1/s1. The molecule has 0 spiro atoms. The van der Waals surface area contributed by atoms with Gasteiger partial charge in [-0.15, -0.1) is 0 Å². The number of rotatable bonds is 6. The summed E-state index contributed by atoms with van der Waals surface area (Å²) in [6.45, 7) is 8.83. The first kappa shape index (κ1) is 14.4. The van der Waals surface area contributed by atoms with Crippen LogP contribution in [0, 0.1) is 0 Å². The van der Waals surface area contributed by atoms with Crippen LogP contribution >= 0.6 is 0 Å². The molecule has 1 saturated heterocycles. The van der Waals surface area contributed by atoms with Crippen molar-refractivity contribution in [2.24, 2.45) is 0 Å². The van der Waals surface area contributed by atoms with Crippen molar-refractivity contribution in [2.75, 3.05) is 46.4 Å². The Kier molecular flexibility index (Phi) is 5.76. The molecule has 2 heterocycles. The molecule has 0 saturated carbocycles. The fourth-order valence-corrected chi connectivity index (χ4v) is 2.65. The van der Waals surface area contributed by atoms with Crippen molar-refractivity contribution in [1.29, 1.82) is 0 Å². The number of pyridine rings is 1. The van der Waals surface area contributed by atoms with Gasteiger partial charge >= 0.3 is 0 Å². The highest BCUT2D eigenvalue weighted by Gasteiger charge is 2.22. The van der Waals surface area contributed by atoms with Gasteiger partial charge in [-0.1, -0.05) is 0 Å². The third-order valence-corrected chi connectivity index (χ3v) is 3.90. The van der Waals surface area contributed by atoms with Gasteiger partial charge in [-0.25, -0.2) is 0 Å². The smallest absolute Gasteiger partial charge is 0.0589 e. The largest absolute Gasteiger partial charge is 0.383 e. The van der Waals surface area contributed by atoms with Crippen LogP contribution in [0.15, 0.2) is 24.5 Å². The van der Waals surface area contributed by atoms with Gasteiger partial charge < -0.3 is 9.64 Å². The summed E-state index contributed by atoms with van der Waals surface area (Å²) in [5.74, 6) is 0. The molecule has 2 rings (SSSR count). The summed E-state index contributed by atoms with van der Waals surface area (Å²) >= 11 is 0. The van der Waals surface area contributed by atoms with E-state index in [4.69, 9.17) is 4.74 Å². The molecule has 1 aliphatic heterocycles. The minimum atomic E-state index is 0.626. The molecule has 1 aromatic rings. The molecule has 4 nitrogen and oxygen atoms in total. The molecule has 1 aliphatic rings. The second kappa shape index (κ2) is 7.58. The maximum Gasteiger partial charge on any atom is 0.0589 e. The highest BCUT2D eigenvalue weighted by Crippen LogP contribution is 2.10. The van der Waals surface area contributed by atoms with Crippen molar-refractivity contribution in [3.8, 4) is 0 Å². The van der Waals surface area contributed by atoms with Crippen molar-refractivity contribution in [3.05, 3.63) is 30.1 Å². The molecular weight excluding hydrogens is 238 g/mol. The molecule has 1 atom stereocenters. The predicted molar refractivity (Wildman–Crippen MR) is 77.3 cm³/mol. The number of piperazine rings is 1. The van der Waals surface area contributed by atoms with Crippen LogP contribution in [0.4, 0.5) is 0 Å². The van der Waals surface area contributed by atoms with Gasteiger partial charge in [0.25, 0.3) is 0 Å². The number of aromatic nitrogens is 1. The van der Waals surface area contributed by atoms with E-state index in [2.05, 4.69) is 33.8 Å². The lowest BCUT2D eigenvalue weighted by Crippen LogP contribution is -2.52. The van der Waals surface area contributed by atoms with Crippen LogP contribution in [-0.4, -0.2) is 67.3 Å². The molecule has 19 heavy (non-hydrogen) atoms. The third kappa shape index (κ3) is 4.56. The summed E-state index contributed by atoms with van der Waals surface area (Å²) in [5.41, 5.74) is 1.38. The second-order valence-corrected chi connectivity index (χ2v) is 5.28. The second-order valence-electron chi connectivity index (χ2n) is 5.28. The Labute approximate surface area is 116 Å². The monoisotopic (exact) mass is 263 g/mol. The molecule has 0 N–H and O–H groups in total. The summed E-state index contributed by atoms with van der Waals surface area (Å²) in [6.07, 6.45) is 4.87. The lowest BCUT2D eigenvalue weighted by atomic mass is 10.1. The van der Waals surface area contributed by atoms with Gasteiger partial charge in [0, 0.05) is 58.3 Å². The summed E-state index contributed by atoms with van der Waals surface area (Å²) in [5, 5.41) is 0. The SMILES string of the molecule is COCCN1CCN(CCc2ccncc2)C[C@H]1C. The van der Waals surface area contributed by atoms with Crippen LogP contribution in [-0.2, 0) is 11.2 Å². The van der Waals surface area contributed by atoms with Crippen LogP contribution < -0.4 is 0 Å². The van der Waals surface area contributed by atoms with Gasteiger partial charge in [-0.2, -0.15) is 0 Å². The first-order chi connectivity index (χ1) is 9.29. The Hall–Kier alpha value is -0.970. The van der Waals surface area contributed by atoms with Crippen LogP contribution in [0.2, 0.25) is 0 Å². The quantitative estimate of drug-likeness (QED) is 0.773. The highest BCUT2D eigenvalue weighted by atomic mass is 16.5. The number of hydrogen-bond donors (Lipinski definition) is 0. The number of methoxy groups -OCH3 is 1. The van der Waals surface area contributed by atoms with Crippen molar-refractivity contribution in [1.82, 2.24) is 14.8 Å². The van der Waals surface area contributed by atoms with E-state index in [1.807, 2.05) is 12.4 Å². The fourth-order valence-electron chi connectivity index (χ4n) is 2.65. The van der Waals surface area contributed by atoms with Crippen molar-refractivity contribution in [3.63, 3.8) is 0 Å². The first-order valence-electron chi connectivity index (χ1n) is 7.14. The highest BCUT2D eigenvalue weighted by molar-refractivity contribution is 5.09. The zero-order valence-electron chi connectivity index (χ0n) is 12.1. The van der Waals surface area contributed by atoms with E-state index >= 15 is 0 Å². The summed E-state index contributed by atoms with van der Waals surface area (Å²) in [4.78, 5) is 9.14. The minimum absolute atomic E-state index is 0.626. The zero-order chi connectivity index (χ0) is 13.5. The summed E-state index contributed by atoms with van der Waals surface area (Å²) in [7, 11) is 1.77. The average molecular weight is 263 g/mol. The molecule has 4 heteroatoms. The molecule has 0 unspecified atom stereocenters. The fraction of sp³-hybridized carbons (Fsp3) is 0.667. The first-order valence-corrected chi connectivity index (χ1v) is 7.14. The molecule has 0 aliphatic carbocycles. The maximum absolute atomic E-state index is 5.16. The maximum atomic E-state index is 5.16. The lowest BCUT2D eigenvalue weighted by molar-refractivity contribution is 0.0596. The van der Waals surface area contributed by atoms with Crippen LogP contribution in [0.25, 0.3) is 0 Å². The topological polar surface area (TPSA) is 28.6 Å². The molecule has 1 aromatic heterocycles. The van der Waals surface area contributed by atoms with Gasteiger partial charge in [0.1, 0.15) is 0 Å². The third-order valence-electron chi connectivity index (χ3n) is 3.90.